The molecule has 4 N–H and O–H groups in total. The Hall–Kier alpha value is -0.960. The molecule has 3 heteroatoms. The minimum Gasteiger partial charge on any atom is -0.403 e. The monoisotopic (exact) mass is 113 g/mol. The molecule has 0 saturated carbocycles. The first-order valence-electron chi connectivity index (χ1n) is 2.32. The van der Waals surface area contributed by atoms with E-state index in [0.29, 0.717) is 6.54 Å². The van der Waals surface area contributed by atoms with Gasteiger partial charge in [-0.3, -0.25) is 0 Å². The summed E-state index contributed by atoms with van der Waals surface area (Å²) >= 11 is 0. The Morgan fingerprint density at radius 3 is 2.62 bits per heavy atom. The second-order valence-electron chi connectivity index (χ2n) is 1.33. The van der Waals surface area contributed by atoms with Crippen LogP contribution in [0, 0.1) is 0 Å². The zero-order valence-corrected chi connectivity index (χ0v) is 4.75. The number of hydrogen-bond acceptors (Lipinski definition) is 3. The van der Waals surface area contributed by atoms with E-state index in [1.165, 1.54) is 11.2 Å². The van der Waals surface area contributed by atoms with Crippen LogP contribution in [0.4, 0.5) is 0 Å². The maximum Gasteiger partial charge on any atom is 0.0514 e. The van der Waals surface area contributed by atoms with E-state index in [2.05, 4.69) is 6.58 Å². The minimum absolute atomic E-state index is 0.619. The molecule has 0 aliphatic rings. The fraction of sp³-hybridized carbons (Fsp3) is 0.200. The molecule has 0 fully saturated rings. The molecule has 0 saturated heterocycles. The molecule has 46 valence electrons. The van der Waals surface area contributed by atoms with E-state index in [9.17, 15) is 0 Å². The van der Waals surface area contributed by atoms with Crippen LogP contribution in [0.5, 0.6) is 0 Å². The van der Waals surface area contributed by atoms with E-state index in [1.807, 2.05) is 0 Å². The summed E-state index contributed by atoms with van der Waals surface area (Å²) in [5.74, 6) is 5.29. The summed E-state index contributed by atoms with van der Waals surface area (Å²) in [6.45, 7) is 4.11. The topological polar surface area (TPSA) is 55.3 Å². The summed E-state index contributed by atoms with van der Waals surface area (Å²) in [7, 11) is 0. The first kappa shape index (κ1) is 7.04. The molecule has 0 aromatic rings. The van der Waals surface area contributed by atoms with Crippen molar-refractivity contribution >= 4 is 0 Å². The molecule has 0 unspecified atom stereocenters. The molecule has 0 spiro atoms. The highest BCUT2D eigenvalue weighted by Gasteiger charge is 1.80. The quantitative estimate of drug-likeness (QED) is 0.302. The van der Waals surface area contributed by atoms with Crippen LogP contribution in [0.3, 0.4) is 0 Å². The van der Waals surface area contributed by atoms with Gasteiger partial charge >= 0.3 is 0 Å². The van der Waals surface area contributed by atoms with Gasteiger partial charge in [-0.25, -0.2) is 5.84 Å². The van der Waals surface area contributed by atoms with Gasteiger partial charge in [-0.1, -0.05) is 6.08 Å². The summed E-state index contributed by atoms with van der Waals surface area (Å²) in [5, 5.41) is 1.44. The minimum atomic E-state index is 0.619. The fourth-order valence-electron chi connectivity index (χ4n) is 0.320. The molecule has 0 heterocycles. The molecule has 0 aromatic heterocycles. The van der Waals surface area contributed by atoms with Crippen molar-refractivity contribution in [2.45, 2.75) is 0 Å². The van der Waals surface area contributed by atoms with Crippen LogP contribution in [0.15, 0.2) is 25.1 Å². The Morgan fingerprint density at radius 1 is 1.62 bits per heavy atom. The van der Waals surface area contributed by atoms with Gasteiger partial charge in [0, 0.05) is 12.4 Å². The molecule has 3 nitrogen and oxygen atoms in total. The van der Waals surface area contributed by atoms with Crippen LogP contribution in [0.2, 0.25) is 0 Å². The lowest BCUT2D eigenvalue weighted by atomic mass is 10.6. The van der Waals surface area contributed by atoms with E-state index in [-0.39, 0.29) is 0 Å². The Labute approximate surface area is 49.2 Å². The Kier molecular flexibility index (Phi) is 3.70. The molecule has 8 heavy (non-hydrogen) atoms. The van der Waals surface area contributed by atoms with Crippen LogP contribution in [-0.4, -0.2) is 11.6 Å². The first-order valence-corrected chi connectivity index (χ1v) is 2.32. The average molecular weight is 113 g/mol. The van der Waals surface area contributed by atoms with Gasteiger partial charge in [-0.05, 0) is 0 Å². The Balaban J connectivity index is 3.31. The number of rotatable bonds is 3. The van der Waals surface area contributed by atoms with Gasteiger partial charge in [-0.2, -0.15) is 0 Å². The van der Waals surface area contributed by atoms with Crippen molar-refractivity contribution in [2.24, 2.45) is 11.6 Å². The third-order valence-electron chi connectivity index (χ3n) is 0.617. The predicted octanol–water partition coefficient (Wildman–Crippen LogP) is -0.222. The zero-order chi connectivity index (χ0) is 6.41. The van der Waals surface area contributed by atoms with Crippen molar-refractivity contribution in [3.05, 3.63) is 25.1 Å². The Morgan fingerprint density at radius 2 is 2.25 bits per heavy atom. The highest BCUT2D eigenvalue weighted by Crippen LogP contribution is 1.75. The lowest BCUT2D eigenvalue weighted by molar-refractivity contribution is 0.438. The number of nitrogens with zero attached hydrogens (tertiary/aromatic N) is 1. The largest absolute Gasteiger partial charge is 0.403 e. The molecule has 0 amide bonds. The van der Waals surface area contributed by atoms with Crippen molar-refractivity contribution in [1.82, 2.24) is 5.01 Å². The Bertz CT molecular complexity index is 87.7. The average Bonchev–Trinajstić information content (AvgIpc) is 1.68. The van der Waals surface area contributed by atoms with Crippen molar-refractivity contribution in [2.75, 3.05) is 6.54 Å². The molecule has 0 rings (SSSR count). The van der Waals surface area contributed by atoms with Crippen molar-refractivity contribution < 1.29 is 0 Å². The van der Waals surface area contributed by atoms with Crippen LogP contribution in [-0.2, 0) is 0 Å². The lowest BCUT2D eigenvalue weighted by Gasteiger charge is -2.07. The molecular formula is C5H11N3. The molecule has 0 atom stereocenters. The molecule has 0 aliphatic carbocycles. The smallest absolute Gasteiger partial charge is 0.0514 e. The zero-order valence-electron chi connectivity index (χ0n) is 4.75. The maximum atomic E-state index is 5.29. The van der Waals surface area contributed by atoms with E-state index in [0.717, 1.165) is 0 Å². The molecule has 0 radical (unpaired) electrons. The normalized spacial score (nSPS) is 9.62. The van der Waals surface area contributed by atoms with Crippen LogP contribution >= 0.6 is 0 Å². The van der Waals surface area contributed by atoms with Gasteiger partial charge in [0.1, 0.15) is 0 Å². The van der Waals surface area contributed by atoms with E-state index in [1.54, 1.807) is 12.3 Å². The van der Waals surface area contributed by atoms with E-state index < -0.39 is 0 Å². The van der Waals surface area contributed by atoms with Crippen molar-refractivity contribution in [3.8, 4) is 0 Å². The summed E-state index contributed by atoms with van der Waals surface area (Å²) in [6, 6.07) is 0. The second-order valence-corrected chi connectivity index (χ2v) is 1.33. The fourth-order valence-corrected chi connectivity index (χ4v) is 0.320. The number of hydrazine groups is 1. The third kappa shape index (κ3) is 3.24. The van der Waals surface area contributed by atoms with Crippen LogP contribution in [0.25, 0.3) is 0 Å². The predicted molar refractivity (Wildman–Crippen MR) is 34.4 cm³/mol. The van der Waals surface area contributed by atoms with Crippen molar-refractivity contribution in [1.29, 1.82) is 0 Å². The summed E-state index contributed by atoms with van der Waals surface area (Å²) in [5.41, 5.74) is 5.02. The van der Waals surface area contributed by atoms with Gasteiger partial charge in [0.15, 0.2) is 0 Å². The van der Waals surface area contributed by atoms with Gasteiger partial charge in [0.05, 0.1) is 6.54 Å². The standard InChI is InChI=1S/C5H11N3/c1-2-4-8(7)5-3-6/h2-3,5H,1,4,6-7H2. The molecule has 0 aliphatic heterocycles. The van der Waals surface area contributed by atoms with E-state index >= 15 is 0 Å². The highest BCUT2D eigenvalue weighted by molar-refractivity contribution is 4.79. The van der Waals surface area contributed by atoms with Gasteiger partial charge in [0.25, 0.3) is 0 Å². The summed E-state index contributed by atoms with van der Waals surface area (Å²) in [4.78, 5) is 0. The first-order chi connectivity index (χ1) is 3.81. The van der Waals surface area contributed by atoms with Crippen LogP contribution < -0.4 is 11.6 Å². The second kappa shape index (κ2) is 4.21. The van der Waals surface area contributed by atoms with Gasteiger partial charge in [0.2, 0.25) is 0 Å². The molecular weight excluding hydrogens is 102 g/mol. The van der Waals surface area contributed by atoms with Crippen LogP contribution in [0.1, 0.15) is 0 Å². The maximum absolute atomic E-state index is 5.29. The number of nitrogens with two attached hydrogens (primary N) is 2. The highest BCUT2D eigenvalue weighted by atomic mass is 15.4. The third-order valence-corrected chi connectivity index (χ3v) is 0.617. The molecule has 0 aromatic carbocycles. The van der Waals surface area contributed by atoms with Gasteiger partial charge in [-0.15, -0.1) is 6.58 Å². The SMILES string of the molecule is C=CCN(N)C=CN. The van der Waals surface area contributed by atoms with Crippen molar-refractivity contribution in [3.63, 3.8) is 0 Å². The molecule has 0 bridgehead atoms. The van der Waals surface area contributed by atoms with E-state index in [4.69, 9.17) is 11.6 Å². The summed E-state index contributed by atoms with van der Waals surface area (Å²) in [6.07, 6.45) is 4.64. The lowest BCUT2D eigenvalue weighted by Crippen LogP contribution is -2.24. The summed E-state index contributed by atoms with van der Waals surface area (Å²) < 4.78 is 0. The van der Waals surface area contributed by atoms with Gasteiger partial charge < -0.3 is 10.7 Å². The number of hydrogen-bond donors (Lipinski definition) is 2.